The predicted octanol–water partition coefficient (Wildman–Crippen LogP) is 5.63. The van der Waals surface area contributed by atoms with Gasteiger partial charge in [-0.2, -0.15) is 0 Å². The standard InChI is InChI=1S/C14H14BrClOS/c1-9(2)17-11-5-3-4-10(8-11)13(16)14-12(15)6-7-18-14/h3-9,13H,1-2H3. The van der Waals surface area contributed by atoms with Crippen LogP contribution in [-0.2, 0) is 0 Å². The number of ether oxygens (including phenoxy) is 1. The van der Waals surface area contributed by atoms with Gasteiger partial charge in [-0.15, -0.1) is 22.9 Å². The molecule has 0 amide bonds. The second-order valence-electron chi connectivity index (χ2n) is 4.23. The molecule has 1 unspecified atom stereocenters. The van der Waals surface area contributed by atoms with Crippen molar-refractivity contribution in [1.29, 1.82) is 0 Å². The fourth-order valence-corrected chi connectivity index (χ4v) is 3.80. The van der Waals surface area contributed by atoms with Gasteiger partial charge in [0.1, 0.15) is 5.75 Å². The van der Waals surface area contributed by atoms with Gasteiger partial charge in [-0.25, -0.2) is 0 Å². The van der Waals surface area contributed by atoms with Gasteiger partial charge < -0.3 is 4.74 Å². The van der Waals surface area contributed by atoms with Crippen molar-refractivity contribution in [3.8, 4) is 5.75 Å². The third-order valence-corrected chi connectivity index (χ3v) is 4.93. The number of benzene rings is 1. The number of rotatable bonds is 4. The predicted molar refractivity (Wildman–Crippen MR) is 81.9 cm³/mol. The summed E-state index contributed by atoms with van der Waals surface area (Å²) in [6.45, 7) is 4.03. The van der Waals surface area contributed by atoms with Crippen LogP contribution in [-0.4, -0.2) is 6.10 Å². The highest BCUT2D eigenvalue weighted by Crippen LogP contribution is 2.38. The molecule has 1 nitrogen and oxygen atoms in total. The van der Waals surface area contributed by atoms with Crippen molar-refractivity contribution >= 4 is 38.9 Å². The molecule has 0 aliphatic rings. The molecule has 0 spiro atoms. The maximum Gasteiger partial charge on any atom is 0.120 e. The van der Waals surface area contributed by atoms with Crippen molar-refractivity contribution < 1.29 is 4.74 Å². The van der Waals surface area contributed by atoms with Crippen LogP contribution in [0.25, 0.3) is 0 Å². The molecule has 0 aliphatic carbocycles. The van der Waals surface area contributed by atoms with E-state index < -0.39 is 0 Å². The zero-order valence-electron chi connectivity index (χ0n) is 10.2. The van der Waals surface area contributed by atoms with Crippen molar-refractivity contribution in [2.75, 3.05) is 0 Å². The average Bonchev–Trinajstić information content (AvgIpc) is 2.74. The van der Waals surface area contributed by atoms with Gasteiger partial charge in [-0.05, 0) is 58.9 Å². The lowest BCUT2D eigenvalue weighted by Gasteiger charge is -2.13. The summed E-state index contributed by atoms with van der Waals surface area (Å²) in [6.07, 6.45) is 0.169. The molecule has 4 heteroatoms. The number of thiophene rings is 1. The number of halogens is 2. The fraction of sp³-hybridized carbons (Fsp3) is 0.286. The molecule has 1 aromatic heterocycles. The first-order chi connectivity index (χ1) is 8.58. The Bertz CT molecular complexity index is 524. The zero-order chi connectivity index (χ0) is 13.1. The minimum atomic E-state index is -0.143. The third-order valence-electron chi connectivity index (χ3n) is 2.40. The van der Waals surface area contributed by atoms with Crippen molar-refractivity contribution in [3.05, 3.63) is 50.6 Å². The van der Waals surface area contributed by atoms with Crippen LogP contribution in [0.2, 0.25) is 0 Å². The van der Waals surface area contributed by atoms with Crippen LogP contribution in [0.1, 0.15) is 29.7 Å². The van der Waals surface area contributed by atoms with Gasteiger partial charge in [0.15, 0.2) is 0 Å². The highest BCUT2D eigenvalue weighted by atomic mass is 79.9. The lowest BCUT2D eigenvalue weighted by molar-refractivity contribution is 0.242. The molecule has 0 saturated heterocycles. The molecule has 1 atom stereocenters. The molecule has 2 aromatic rings. The maximum absolute atomic E-state index is 6.51. The Morgan fingerprint density at radius 1 is 1.28 bits per heavy atom. The zero-order valence-corrected chi connectivity index (χ0v) is 13.3. The first kappa shape index (κ1) is 13.9. The Kier molecular flexibility index (Phi) is 4.71. The van der Waals surface area contributed by atoms with Crippen LogP contribution >= 0.6 is 38.9 Å². The molecule has 96 valence electrons. The highest BCUT2D eigenvalue weighted by molar-refractivity contribution is 9.10. The van der Waals surface area contributed by atoms with Gasteiger partial charge in [0, 0.05) is 9.35 Å². The number of hydrogen-bond acceptors (Lipinski definition) is 2. The van der Waals surface area contributed by atoms with Crippen molar-refractivity contribution in [3.63, 3.8) is 0 Å². The molecule has 1 aromatic carbocycles. The summed E-state index contributed by atoms with van der Waals surface area (Å²) in [5.74, 6) is 0.862. The highest BCUT2D eigenvalue weighted by Gasteiger charge is 2.16. The molecule has 0 radical (unpaired) electrons. The number of alkyl halides is 1. The van der Waals surface area contributed by atoms with E-state index in [1.165, 1.54) is 0 Å². The SMILES string of the molecule is CC(C)Oc1cccc(C(Cl)c2sccc2Br)c1. The second-order valence-corrected chi connectivity index (χ2v) is 6.47. The summed E-state index contributed by atoms with van der Waals surface area (Å²) in [5.41, 5.74) is 1.05. The first-order valence-electron chi connectivity index (χ1n) is 5.71. The lowest BCUT2D eigenvalue weighted by Crippen LogP contribution is -2.05. The molecule has 0 bridgehead atoms. The van der Waals surface area contributed by atoms with E-state index >= 15 is 0 Å². The summed E-state index contributed by atoms with van der Waals surface area (Å²) < 4.78 is 6.74. The smallest absolute Gasteiger partial charge is 0.120 e. The quantitative estimate of drug-likeness (QED) is 0.653. The molecule has 0 saturated carbocycles. The van der Waals surface area contributed by atoms with Crippen LogP contribution in [0.3, 0.4) is 0 Å². The lowest BCUT2D eigenvalue weighted by atomic mass is 10.1. The van der Waals surface area contributed by atoms with E-state index in [4.69, 9.17) is 16.3 Å². The molecular formula is C14H14BrClOS. The molecule has 18 heavy (non-hydrogen) atoms. The monoisotopic (exact) mass is 344 g/mol. The first-order valence-corrected chi connectivity index (χ1v) is 7.82. The molecule has 2 rings (SSSR count). The molecule has 1 heterocycles. The molecule has 0 aliphatic heterocycles. The van der Waals surface area contributed by atoms with Crippen LogP contribution in [0.15, 0.2) is 40.2 Å². The Balaban J connectivity index is 2.25. The van der Waals surface area contributed by atoms with Crippen LogP contribution in [0.4, 0.5) is 0 Å². The van der Waals surface area contributed by atoms with Crippen LogP contribution in [0, 0.1) is 0 Å². The van der Waals surface area contributed by atoms with E-state index in [0.29, 0.717) is 0 Å². The van der Waals surface area contributed by atoms with E-state index in [9.17, 15) is 0 Å². The average molecular weight is 346 g/mol. The summed E-state index contributed by atoms with van der Waals surface area (Å²) in [7, 11) is 0. The van der Waals surface area contributed by atoms with Crippen LogP contribution < -0.4 is 4.74 Å². The second kappa shape index (κ2) is 6.09. The third kappa shape index (κ3) is 3.28. The fourth-order valence-electron chi connectivity index (χ4n) is 1.66. The summed E-state index contributed by atoms with van der Waals surface area (Å²) in [5, 5.41) is 1.89. The summed E-state index contributed by atoms with van der Waals surface area (Å²) >= 11 is 11.7. The van der Waals surface area contributed by atoms with Crippen LogP contribution in [0.5, 0.6) is 5.75 Å². The van der Waals surface area contributed by atoms with Crippen molar-refractivity contribution in [2.45, 2.75) is 25.3 Å². The molecular weight excluding hydrogens is 332 g/mol. The minimum Gasteiger partial charge on any atom is -0.491 e. The van der Waals surface area contributed by atoms with Gasteiger partial charge >= 0.3 is 0 Å². The van der Waals surface area contributed by atoms with E-state index in [2.05, 4.69) is 15.9 Å². The normalized spacial score (nSPS) is 12.7. The number of hydrogen-bond donors (Lipinski definition) is 0. The Morgan fingerprint density at radius 3 is 2.67 bits per heavy atom. The van der Waals surface area contributed by atoms with E-state index in [1.54, 1.807) is 11.3 Å². The van der Waals surface area contributed by atoms with E-state index in [-0.39, 0.29) is 11.5 Å². The minimum absolute atomic E-state index is 0.143. The topological polar surface area (TPSA) is 9.23 Å². The van der Waals surface area contributed by atoms with E-state index in [0.717, 1.165) is 20.7 Å². The summed E-state index contributed by atoms with van der Waals surface area (Å²) in [4.78, 5) is 1.12. The summed E-state index contributed by atoms with van der Waals surface area (Å²) in [6, 6.07) is 9.98. The Hall–Kier alpha value is -0.510. The van der Waals surface area contributed by atoms with Gasteiger partial charge in [-0.1, -0.05) is 12.1 Å². The van der Waals surface area contributed by atoms with E-state index in [1.807, 2.05) is 49.6 Å². The Morgan fingerprint density at radius 2 is 2.06 bits per heavy atom. The molecule has 0 fully saturated rings. The van der Waals surface area contributed by atoms with Gasteiger partial charge in [0.25, 0.3) is 0 Å². The van der Waals surface area contributed by atoms with Gasteiger partial charge in [0.05, 0.1) is 11.5 Å². The van der Waals surface area contributed by atoms with Gasteiger partial charge in [-0.3, -0.25) is 0 Å². The maximum atomic E-state index is 6.51. The van der Waals surface area contributed by atoms with Crippen molar-refractivity contribution in [1.82, 2.24) is 0 Å². The van der Waals surface area contributed by atoms with Gasteiger partial charge in [0.2, 0.25) is 0 Å². The molecule has 0 N–H and O–H groups in total. The largest absolute Gasteiger partial charge is 0.491 e. The van der Waals surface area contributed by atoms with Crippen molar-refractivity contribution in [2.24, 2.45) is 0 Å². The Labute approximate surface area is 125 Å².